The molecule has 0 aliphatic heterocycles. The Kier molecular flexibility index (Phi) is 6.38. The third-order valence-corrected chi connectivity index (χ3v) is 2.60. The van der Waals surface area contributed by atoms with E-state index in [1.807, 2.05) is 6.92 Å². The summed E-state index contributed by atoms with van der Waals surface area (Å²) in [5.74, 6) is 0.199. The Balaban J connectivity index is 2.42. The molecule has 0 aliphatic rings. The highest BCUT2D eigenvalue weighted by molar-refractivity contribution is 7.80. The summed E-state index contributed by atoms with van der Waals surface area (Å²) in [6.45, 7) is 4.21. The van der Waals surface area contributed by atoms with Crippen LogP contribution in [0.25, 0.3) is 0 Å². The van der Waals surface area contributed by atoms with E-state index in [1.165, 1.54) is 0 Å². The molecule has 19 heavy (non-hydrogen) atoms. The van der Waals surface area contributed by atoms with Gasteiger partial charge in [0.2, 0.25) is 0 Å². The topological polar surface area (TPSA) is 62.4 Å². The largest absolute Gasteiger partial charge is 0.481 e. The molecule has 0 saturated heterocycles. The molecule has 1 atom stereocenters. The summed E-state index contributed by atoms with van der Waals surface area (Å²) in [7, 11) is 0. The maximum absolute atomic E-state index is 11.7. The number of halogens is 1. The zero-order chi connectivity index (χ0) is 14.3. The number of hydrazine groups is 1. The molecule has 104 valence electrons. The van der Waals surface area contributed by atoms with Crippen LogP contribution < -0.4 is 20.9 Å². The minimum Gasteiger partial charge on any atom is -0.481 e. The van der Waals surface area contributed by atoms with Gasteiger partial charge in [-0.1, -0.05) is 17.7 Å². The summed E-state index contributed by atoms with van der Waals surface area (Å²) in [5, 5.41) is 3.75. The van der Waals surface area contributed by atoms with Crippen LogP contribution in [0.4, 0.5) is 0 Å². The Morgan fingerprint density at radius 1 is 1.47 bits per heavy atom. The van der Waals surface area contributed by atoms with Gasteiger partial charge in [-0.2, -0.15) is 0 Å². The lowest BCUT2D eigenvalue weighted by Crippen LogP contribution is -2.50. The fraction of sp³-hybridized carbons (Fsp3) is 0.333. The average molecular weight is 302 g/mol. The molecule has 5 nitrogen and oxygen atoms in total. The van der Waals surface area contributed by atoms with Gasteiger partial charge in [-0.25, -0.2) is 0 Å². The maximum Gasteiger partial charge on any atom is 0.279 e. The lowest BCUT2D eigenvalue weighted by atomic mass is 10.3. The number of hydrogen-bond donors (Lipinski definition) is 3. The van der Waals surface area contributed by atoms with Gasteiger partial charge in [-0.15, -0.1) is 0 Å². The first-order chi connectivity index (χ1) is 9.02. The molecule has 0 aromatic heterocycles. The highest BCUT2D eigenvalue weighted by Crippen LogP contribution is 2.18. The van der Waals surface area contributed by atoms with Gasteiger partial charge in [0.15, 0.2) is 11.2 Å². The van der Waals surface area contributed by atoms with Crippen molar-refractivity contribution in [2.24, 2.45) is 0 Å². The summed E-state index contributed by atoms with van der Waals surface area (Å²) >= 11 is 10.7. The molecule has 0 heterocycles. The third-order valence-electron chi connectivity index (χ3n) is 2.11. The molecule has 7 heteroatoms. The zero-order valence-electron chi connectivity index (χ0n) is 10.7. The van der Waals surface area contributed by atoms with Crippen LogP contribution in [0.5, 0.6) is 5.75 Å². The van der Waals surface area contributed by atoms with E-state index in [9.17, 15) is 4.79 Å². The molecule has 0 radical (unpaired) electrons. The minimum atomic E-state index is -0.671. The molecule has 3 N–H and O–H groups in total. The molecule has 1 rings (SSSR count). The number of hydrogen-bond acceptors (Lipinski definition) is 3. The number of nitrogens with one attached hydrogen (secondary N) is 3. The summed E-state index contributed by atoms with van der Waals surface area (Å²) in [5.41, 5.74) is 5.03. The van der Waals surface area contributed by atoms with Crippen molar-refractivity contribution >= 4 is 34.8 Å². The van der Waals surface area contributed by atoms with E-state index >= 15 is 0 Å². The molecule has 0 unspecified atom stereocenters. The smallest absolute Gasteiger partial charge is 0.279 e. The molecule has 1 aromatic rings. The van der Waals surface area contributed by atoms with Crippen LogP contribution in [-0.2, 0) is 4.79 Å². The normalized spacial score (nSPS) is 11.3. The fourth-order valence-electron chi connectivity index (χ4n) is 1.22. The van der Waals surface area contributed by atoms with Gasteiger partial charge in [0, 0.05) is 11.6 Å². The summed E-state index contributed by atoms with van der Waals surface area (Å²) < 4.78 is 5.45. The summed E-state index contributed by atoms with van der Waals surface area (Å²) in [6.07, 6.45) is -0.671. The Labute approximate surface area is 122 Å². The second-order valence-corrected chi connectivity index (χ2v) is 4.54. The standard InChI is InChI=1S/C12H16ClN3O2S/c1-3-14-12(19)16-15-11(17)8(2)18-10-6-4-5-9(13)7-10/h4-8H,3H2,1-2H3,(H,15,17)(H2,14,16,19)/t8-/m0/s1. The predicted octanol–water partition coefficient (Wildman–Crippen LogP) is 1.62. The Morgan fingerprint density at radius 3 is 2.84 bits per heavy atom. The van der Waals surface area contributed by atoms with E-state index in [-0.39, 0.29) is 5.91 Å². The van der Waals surface area contributed by atoms with E-state index in [2.05, 4.69) is 16.2 Å². The van der Waals surface area contributed by atoms with Crippen LogP contribution >= 0.6 is 23.8 Å². The Morgan fingerprint density at radius 2 is 2.21 bits per heavy atom. The van der Waals surface area contributed by atoms with Crippen molar-refractivity contribution in [2.75, 3.05) is 6.54 Å². The fourth-order valence-corrected chi connectivity index (χ4v) is 1.60. The number of amides is 1. The van der Waals surface area contributed by atoms with Crippen LogP contribution in [0.2, 0.25) is 5.02 Å². The first-order valence-electron chi connectivity index (χ1n) is 5.79. The van der Waals surface area contributed by atoms with Gasteiger partial charge in [0.25, 0.3) is 5.91 Å². The van der Waals surface area contributed by atoms with Gasteiger partial charge in [0.1, 0.15) is 5.75 Å². The molecular formula is C12H16ClN3O2S. The van der Waals surface area contributed by atoms with Crippen LogP contribution in [0.3, 0.4) is 0 Å². The van der Waals surface area contributed by atoms with Gasteiger partial charge in [-0.05, 0) is 44.3 Å². The van der Waals surface area contributed by atoms with E-state index < -0.39 is 6.10 Å². The van der Waals surface area contributed by atoms with Gasteiger partial charge in [-0.3, -0.25) is 15.6 Å². The van der Waals surface area contributed by atoms with Gasteiger partial charge < -0.3 is 10.1 Å². The molecule has 1 aromatic carbocycles. The number of benzene rings is 1. The second kappa shape index (κ2) is 7.81. The van der Waals surface area contributed by atoms with E-state index in [4.69, 9.17) is 28.6 Å². The number of thiocarbonyl (C=S) groups is 1. The van der Waals surface area contributed by atoms with Crippen LogP contribution in [0.15, 0.2) is 24.3 Å². The molecule has 0 aliphatic carbocycles. The van der Waals surface area contributed by atoms with Crippen LogP contribution in [-0.4, -0.2) is 23.7 Å². The van der Waals surface area contributed by atoms with E-state index in [1.54, 1.807) is 31.2 Å². The Bertz CT molecular complexity index is 456. The lowest BCUT2D eigenvalue weighted by molar-refractivity contribution is -0.127. The minimum absolute atomic E-state index is 0.333. The number of ether oxygens (including phenoxy) is 1. The molecule has 0 spiro atoms. The van der Waals surface area contributed by atoms with Crippen molar-refractivity contribution in [3.05, 3.63) is 29.3 Å². The zero-order valence-corrected chi connectivity index (χ0v) is 12.3. The highest BCUT2D eigenvalue weighted by atomic mass is 35.5. The van der Waals surface area contributed by atoms with Crippen molar-refractivity contribution in [1.82, 2.24) is 16.2 Å². The van der Waals surface area contributed by atoms with Crippen molar-refractivity contribution in [2.45, 2.75) is 20.0 Å². The van der Waals surface area contributed by atoms with Crippen molar-refractivity contribution in [1.29, 1.82) is 0 Å². The lowest BCUT2D eigenvalue weighted by Gasteiger charge is -2.16. The molecular weight excluding hydrogens is 286 g/mol. The van der Waals surface area contributed by atoms with Crippen molar-refractivity contribution in [3.8, 4) is 5.75 Å². The summed E-state index contributed by atoms with van der Waals surface area (Å²) in [4.78, 5) is 11.7. The average Bonchev–Trinajstić information content (AvgIpc) is 2.36. The number of rotatable bonds is 4. The molecule has 0 fully saturated rings. The van der Waals surface area contributed by atoms with Crippen molar-refractivity contribution in [3.63, 3.8) is 0 Å². The highest BCUT2D eigenvalue weighted by Gasteiger charge is 2.14. The van der Waals surface area contributed by atoms with E-state index in [0.29, 0.717) is 22.4 Å². The molecule has 0 bridgehead atoms. The molecule has 0 saturated carbocycles. The van der Waals surface area contributed by atoms with Crippen molar-refractivity contribution < 1.29 is 9.53 Å². The first-order valence-corrected chi connectivity index (χ1v) is 6.57. The van der Waals surface area contributed by atoms with Gasteiger partial charge in [0.05, 0.1) is 0 Å². The van der Waals surface area contributed by atoms with Gasteiger partial charge >= 0.3 is 0 Å². The SMILES string of the molecule is CCNC(=S)NNC(=O)[C@H](C)Oc1cccc(Cl)c1. The monoisotopic (exact) mass is 301 g/mol. The maximum atomic E-state index is 11.7. The third kappa shape index (κ3) is 5.76. The quantitative estimate of drug-likeness (QED) is 0.583. The van der Waals surface area contributed by atoms with Crippen LogP contribution in [0, 0.1) is 0 Å². The predicted molar refractivity (Wildman–Crippen MR) is 79.1 cm³/mol. The second-order valence-electron chi connectivity index (χ2n) is 3.69. The number of carbonyl (C=O) groups excluding carboxylic acids is 1. The van der Waals surface area contributed by atoms with Crippen LogP contribution in [0.1, 0.15) is 13.8 Å². The molecule has 1 amide bonds. The Hall–Kier alpha value is -1.53. The summed E-state index contributed by atoms with van der Waals surface area (Å²) in [6, 6.07) is 6.85. The number of carbonyl (C=O) groups is 1. The first kappa shape index (κ1) is 15.5. The van der Waals surface area contributed by atoms with E-state index in [0.717, 1.165) is 0 Å².